The number of aliphatic carboxylic acids is 2. The van der Waals surface area contributed by atoms with Crippen molar-refractivity contribution < 1.29 is 26.0 Å². The minimum Gasteiger partial charge on any atom is -0.480 e. The zero-order valence-electron chi connectivity index (χ0n) is 5.70. The van der Waals surface area contributed by atoms with Gasteiger partial charge >= 0.3 is 17.8 Å². The molecule has 0 aromatic heterocycles. The molecule has 6 heteroatoms. The number of carbonyl (C=O) groups is 3. The van der Waals surface area contributed by atoms with Gasteiger partial charge in [-0.25, -0.2) is 4.79 Å². The molecule has 3 N–H and O–H groups in total. The van der Waals surface area contributed by atoms with Crippen LogP contribution < -0.4 is 5.32 Å². The molecule has 1 unspecified atom stereocenters. The van der Waals surface area contributed by atoms with Crippen LogP contribution >= 0.6 is 0 Å². The lowest BCUT2D eigenvalue weighted by Crippen LogP contribution is -2.41. The van der Waals surface area contributed by atoms with Crippen LogP contribution in [0.3, 0.4) is 0 Å². The lowest BCUT2D eigenvalue weighted by atomic mass is 10.3. The Morgan fingerprint density at radius 1 is 1.36 bits per heavy atom. The summed E-state index contributed by atoms with van der Waals surface area (Å²) in [6.45, 7) is 1.17. The monoisotopic (exact) mass is 163 g/mol. The summed E-state index contributed by atoms with van der Waals surface area (Å²) in [4.78, 5) is 30.2. The maximum atomic E-state index is 10.3. The smallest absolute Gasteiger partial charge is 0.394 e. The molecule has 0 bridgehead atoms. The zero-order valence-corrected chi connectivity index (χ0v) is 5.70. The highest BCUT2D eigenvalue weighted by Gasteiger charge is 2.18. The molecule has 0 aliphatic rings. The topological polar surface area (TPSA) is 104 Å². The van der Waals surface area contributed by atoms with Crippen LogP contribution in [0.5, 0.6) is 0 Å². The van der Waals surface area contributed by atoms with E-state index in [9.17, 15) is 14.4 Å². The van der Waals surface area contributed by atoms with Crippen LogP contribution in [0.25, 0.3) is 0 Å². The summed E-state index contributed by atoms with van der Waals surface area (Å²) >= 11 is 0. The molecular weight excluding hydrogens is 154 g/mol. The van der Waals surface area contributed by atoms with E-state index in [2.05, 4.69) is 0 Å². The quantitative estimate of drug-likeness (QED) is 0.448. The lowest BCUT2D eigenvalue weighted by Gasteiger charge is -2.04. The second-order valence-corrected chi connectivity index (χ2v) is 1.84. The number of carbonyl (C=O) groups excluding carboxylic acids is 1. The second kappa shape index (κ2) is 3.55. The fourth-order valence-corrected chi connectivity index (χ4v) is 0.320. The largest absolute Gasteiger partial charge is 0.480 e. The summed E-state index contributed by atoms with van der Waals surface area (Å²) < 4.78 is 0. The van der Waals surface area contributed by atoms with Crippen LogP contribution in [0.1, 0.15) is 8.35 Å². The summed E-state index contributed by atoms with van der Waals surface area (Å²) in [7, 11) is 0. The Morgan fingerprint density at radius 3 is 2.09 bits per heavy atom. The average molecular weight is 163 g/mol. The fourth-order valence-electron chi connectivity index (χ4n) is 0.320. The molecule has 1 atom stereocenters. The number of rotatable bonds is 2. The van der Waals surface area contributed by atoms with Crippen LogP contribution in [-0.2, 0) is 14.4 Å². The molecule has 1 amide bonds. The summed E-state index contributed by atoms with van der Waals surface area (Å²) in [5, 5.41) is 18.0. The molecule has 0 aliphatic carbocycles. The Balaban J connectivity index is 0. The van der Waals surface area contributed by atoms with Gasteiger partial charge in [0.05, 0.1) is 0 Å². The van der Waals surface area contributed by atoms with Crippen LogP contribution in [0.15, 0.2) is 0 Å². The Labute approximate surface area is 63.3 Å². The molecule has 0 saturated carbocycles. The summed E-state index contributed by atoms with van der Waals surface area (Å²) in [6.07, 6.45) is 0. The average Bonchev–Trinajstić information content (AvgIpc) is 1.87. The van der Waals surface area contributed by atoms with Gasteiger partial charge in [-0.15, -0.1) is 0 Å². The molecular formula is C5H9NO5. The molecule has 0 aliphatic heterocycles. The van der Waals surface area contributed by atoms with E-state index in [0.717, 1.165) is 0 Å². The van der Waals surface area contributed by atoms with Gasteiger partial charge in [0, 0.05) is 1.43 Å². The number of hydrogen-bond acceptors (Lipinski definition) is 3. The van der Waals surface area contributed by atoms with E-state index < -0.39 is 23.9 Å². The normalized spacial score (nSPS) is 11.7. The highest BCUT2D eigenvalue weighted by atomic mass is 16.4. The fraction of sp³-hybridized carbons (Fsp3) is 0.400. The number of hydrogen-bond donors (Lipinski definition) is 3. The van der Waals surface area contributed by atoms with Gasteiger partial charge in [-0.05, 0) is 6.92 Å². The van der Waals surface area contributed by atoms with Crippen molar-refractivity contribution in [3.8, 4) is 0 Å². The third-order valence-electron chi connectivity index (χ3n) is 0.912. The van der Waals surface area contributed by atoms with Crippen LogP contribution in [0.2, 0.25) is 0 Å². The maximum absolute atomic E-state index is 10.3. The Kier molecular flexibility index (Phi) is 3.03. The summed E-state index contributed by atoms with van der Waals surface area (Å²) in [5.74, 6) is -4.29. The molecule has 0 radical (unpaired) electrons. The SMILES string of the molecule is CC(NC(=O)C(=O)O)C(=O)O.[HH]. The van der Waals surface area contributed by atoms with E-state index in [1.54, 1.807) is 5.32 Å². The molecule has 0 heterocycles. The molecule has 0 rings (SSSR count). The molecule has 64 valence electrons. The van der Waals surface area contributed by atoms with Crippen molar-refractivity contribution in [3.05, 3.63) is 0 Å². The minimum absolute atomic E-state index is 0. The zero-order chi connectivity index (χ0) is 9.02. The predicted molar refractivity (Wildman–Crippen MR) is 35.0 cm³/mol. The van der Waals surface area contributed by atoms with Gasteiger partial charge in [0.15, 0.2) is 0 Å². The van der Waals surface area contributed by atoms with Crippen molar-refractivity contribution in [2.75, 3.05) is 0 Å². The van der Waals surface area contributed by atoms with E-state index in [1.807, 2.05) is 0 Å². The van der Waals surface area contributed by atoms with Crippen LogP contribution in [0.4, 0.5) is 0 Å². The van der Waals surface area contributed by atoms with Gasteiger partial charge in [-0.2, -0.15) is 0 Å². The van der Waals surface area contributed by atoms with Crippen molar-refractivity contribution in [2.24, 2.45) is 0 Å². The van der Waals surface area contributed by atoms with Gasteiger partial charge in [-0.3, -0.25) is 9.59 Å². The van der Waals surface area contributed by atoms with E-state index in [-0.39, 0.29) is 1.43 Å². The van der Waals surface area contributed by atoms with E-state index in [1.165, 1.54) is 6.92 Å². The second-order valence-electron chi connectivity index (χ2n) is 1.84. The van der Waals surface area contributed by atoms with Gasteiger partial charge in [0.25, 0.3) is 0 Å². The summed E-state index contributed by atoms with van der Waals surface area (Å²) in [6, 6.07) is -1.18. The molecule has 0 aromatic rings. The van der Waals surface area contributed by atoms with E-state index >= 15 is 0 Å². The van der Waals surface area contributed by atoms with Crippen LogP contribution in [0, 0.1) is 0 Å². The van der Waals surface area contributed by atoms with Gasteiger partial charge in [-0.1, -0.05) is 0 Å². The lowest BCUT2D eigenvalue weighted by molar-refractivity contribution is -0.151. The predicted octanol–water partition coefficient (Wildman–Crippen LogP) is -1.09. The minimum atomic E-state index is -1.70. The van der Waals surface area contributed by atoms with E-state index in [4.69, 9.17) is 10.2 Å². The first kappa shape index (κ1) is 9.41. The number of carboxylic acids is 2. The number of carboxylic acid groups (broad SMARTS) is 2. The highest BCUT2D eigenvalue weighted by molar-refractivity contribution is 6.31. The Morgan fingerprint density at radius 2 is 1.82 bits per heavy atom. The number of nitrogens with one attached hydrogen (secondary N) is 1. The molecule has 0 aromatic carbocycles. The van der Waals surface area contributed by atoms with Crippen molar-refractivity contribution in [1.82, 2.24) is 5.32 Å². The standard InChI is InChI=1S/C5H7NO5.H2/c1-2(4(8)9)6-3(7)5(10)11;/h2H,1H3,(H,6,7)(H,8,9)(H,10,11);1H. The highest BCUT2D eigenvalue weighted by Crippen LogP contribution is 1.80. The number of amides is 1. The van der Waals surface area contributed by atoms with E-state index in [0.29, 0.717) is 0 Å². The van der Waals surface area contributed by atoms with Gasteiger partial charge < -0.3 is 15.5 Å². The first-order chi connectivity index (χ1) is 4.95. The molecule has 11 heavy (non-hydrogen) atoms. The van der Waals surface area contributed by atoms with Gasteiger partial charge in [0.1, 0.15) is 6.04 Å². The maximum Gasteiger partial charge on any atom is 0.394 e. The molecule has 0 saturated heterocycles. The summed E-state index contributed by atoms with van der Waals surface area (Å²) in [5.41, 5.74) is 0. The van der Waals surface area contributed by atoms with Crippen LogP contribution in [-0.4, -0.2) is 34.1 Å². The third-order valence-corrected chi connectivity index (χ3v) is 0.912. The Bertz CT molecular complexity index is 204. The first-order valence-electron chi connectivity index (χ1n) is 2.71. The van der Waals surface area contributed by atoms with Crippen molar-refractivity contribution in [3.63, 3.8) is 0 Å². The third kappa shape index (κ3) is 3.19. The molecule has 0 fully saturated rings. The van der Waals surface area contributed by atoms with Crippen molar-refractivity contribution in [2.45, 2.75) is 13.0 Å². The Hall–Kier alpha value is -1.59. The van der Waals surface area contributed by atoms with Crippen molar-refractivity contribution in [1.29, 1.82) is 0 Å². The molecule has 0 spiro atoms. The van der Waals surface area contributed by atoms with Gasteiger partial charge in [0.2, 0.25) is 0 Å². The molecule has 6 nitrogen and oxygen atoms in total. The van der Waals surface area contributed by atoms with Crippen molar-refractivity contribution >= 4 is 17.8 Å². The first-order valence-corrected chi connectivity index (χ1v) is 2.71.